The summed E-state index contributed by atoms with van der Waals surface area (Å²) in [5, 5.41) is 12.4. The number of methoxy groups -OCH3 is 1. The summed E-state index contributed by atoms with van der Waals surface area (Å²) in [4.78, 5) is 12.9. The number of hydrogen-bond acceptors (Lipinski definition) is 5. The topological polar surface area (TPSA) is 71.3 Å². The van der Waals surface area contributed by atoms with Gasteiger partial charge in [-0.3, -0.25) is 4.79 Å². The quantitative estimate of drug-likeness (QED) is 0.564. The summed E-state index contributed by atoms with van der Waals surface area (Å²) < 4.78 is 10.6. The third-order valence-electron chi connectivity index (χ3n) is 3.16. The molecule has 0 radical (unpaired) electrons. The first kappa shape index (κ1) is 19.0. The number of halogens is 1. The number of benzene rings is 2. The molecule has 1 N–H and O–H groups in total. The Balaban J connectivity index is 1.72. The highest BCUT2D eigenvalue weighted by atomic mass is 35.5. The summed E-state index contributed by atoms with van der Waals surface area (Å²) in [5.41, 5.74) is 0.466. The first-order valence-electron chi connectivity index (χ1n) is 7.48. The summed E-state index contributed by atoms with van der Waals surface area (Å²) in [6, 6.07) is 14.4. The molecule has 2 rings (SSSR count). The van der Waals surface area contributed by atoms with E-state index in [1.807, 2.05) is 30.3 Å². The van der Waals surface area contributed by atoms with Crippen molar-refractivity contribution in [2.45, 2.75) is 4.90 Å². The number of carbonyl (C=O) groups is 1. The van der Waals surface area contributed by atoms with Gasteiger partial charge in [-0.2, -0.15) is 5.26 Å². The Labute approximate surface area is 155 Å². The summed E-state index contributed by atoms with van der Waals surface area (Å²) in [6.07, 6.45) is 0. The Morgan fingerprint density at radius 1 is 1.24 bits per heavy atom. The van der Waals surface area contributed by atoms with Gasteiger partial charge < -0.3 is 14.8 Å². The van der Waals surface area contributed by atoms with Crippen LogP contribution in [0.3, 0.4) is 0 Å². The van der Waals surface area contributed by atoms with Gasteiger partial charge in [0.25, 0.3) is 5.91 Å². The van der Waals surface area contributed by atoms with E-state index in [1.165, 1.54) is 7.11 Å². The van der Waals surface area contributed by atoms with E-state index in [2.05, 4.69) is 5.32 Å². The molecule has 0 saturated carbocycles. The SMILES string of the molecule is COc1cc(C#N)ccc1OCC(=O)NCCSc1ccc(Cl)cc1. The molecule has 0 aliphatic carbocycles. The lowest BCUT2D eigenvalue weighted by atomic mass is 10.2. The summed E-state index contributed by atoms with van der Waals surface area (Å²) >= 11 is 7.46. The molecule has 1 amide bonds. The predicted molar refractivity (Wildman–Crippen MR) is 98.4 cm³/mol. The molecule has 130 valence electrons. The molecule has 0 aromatic heterocycles. The highest BCUT2D eigenvalue weighted by Gasteiger charge is 2.08. The van der Waals surface area contributed by atoms with Gasteiger partial charge in [-0.05, 0) is 36.4 Å². The van der Waals surface area contributed by atoms with Gasteiger partial charge in [0, 0.05) is 28.3 Å². The number of carbonyl (C=O) groups excluding carboxylic acids is 1. The van der Waals surface area contributed by atoms with Gasteiger partial charge in [-0.15, -0.1) is 11.8 Å². The molecular formula is C18H17ClN2O3S. The highest BCUT2D eigenvalue weighted by Crippen LogP contribution is 2.27. The van der Waals surface area contributed by atoms with E-state index in [0.717, 1.165) is 10.6 Å². The summed E-state index contributed by atoms with van der Waals surface area (Å²) in [7, 11) is 1.48. The van der Waals surface area contributed by atoms with Crippen LogP contribution in [-0.2, 0) is 4.79 Å². The molecule has 0 aliphatic rings. The minimum absolute atomic E-state index is 0.117. The molecule has 0 spiro atoms. The average molecular weight is 377 g/mol. The zero-order chi connectivity index (χ0) is 18.1. The first-order valence-corrected chi connectivity index (χ1v) is 8.84. The Hall–Kier alpha value is -2.36. The van der Waals surface area contributed by atoms with Crippen LogP contribution in [0.1, 0.15) is 5.56 Å². The number of nitriles is 1. The summed E-state index contributed by atoms with van der Waals surface area (Å²) in [5.74, 6) is 1.37. The van der Waals surface area contributed by atoms with Crippen molar-refractivity contribution >= 4 is 29.3 Å². The van der Waals surface area contributed by atoms with E-state index in [0.29, 0.717) is 28.6 Å². The molecule has 0 heterocycles. The second-order valence-electron chi connectivity index (χ2n) is 4.92. The molecule has 25 heavy (non-hydrogen) atoms. The number of ether oxygens (including phenoxy) is 2. The number of nitrogens with zero attached hydrogens (tertiary/aromatic N) is 1. The minimum Gasteiger partial charge on any atom is -0.493 e. The normalized spacial score (nSPS) is 9.96. The van der Waals surface area contributed by atoms with Gasteiger partial charge in [-0.1, -0.05) is 11.6 Å². The smallest absolute Gasteiger partial charge is 0.257 e. The molecule has 0 atom stereocenters. The lowest BCUT2D eigenvalue weighted by molar-refractivity contribution is -0.122. The molecular weight excluding hydrogens is 360 g/mol. The predicted octanol–water partition coefficient (Wildman–Crippen LogP) is 3.51. The van der Waals surface area contributed by atoms with Crippen molar-refractivity contribution in [1.82, 2.24) is 5.32 Å². The number of rotatable bonds is 8. The zero-order valence-electron chi connectivity index (χ0n) is 13.6. The molecule has 7 heteroatoms. The third kappa shape index (κ3) is 6.22. The van der Waals surface area contributed by atoms with Gasteiger partial charge in [0.1, 0.15) is 0 Å². The maximum Gasteiger partial charge on any atom is 0.257 e. The second kappa shape index (κ2) is 9.82. The standard InChI is InChI=1S/C18H17ClN2O3S/c1-23-17-10-13(11-20)2-7-16(17)24-12-18(22)21-8-9-25-15-5-3-14(19)4-6-15/h2-7,10H,8-9,12H2,1H3,(H,21,22). The van der Waals surface area contributed by atoms with Crippen LogP contribution in [0, 0.1) is 11.3 Å². The van der Waals surface area contributed by atoms with E-state index in [1.54, 1.807) is 30.0 Å². The van der Waals surface area contributed by atoms with Crippen LogP contribution in [-0.4, -0.2) is 31.9 Å². The van der Waals surface area contributed by atoms with Gasteiger partial charge >= 0.3 is 0 Å². The fourth-order valence-electron chi connectivity index (χ4n) is 1.94. The first-order chi connectivity index (χ1) is 12.1. The van der Waals surface area contributed by atoms with Gasteiger partial charge in [0.15, 0.2) is 18.1 Å². The van der Waals surface area contributed by atoms with Crippen molar-refractivity contribution in [3.8, 4) is 17.6 Å². The highest BCUT2D eigenvalue weighted by molar-refractivity contribution is 7.99. The van der Waals surface area contributed by atoms with Crippen molar-refractivity contribution in [1.29, 1.82) is 5.26 Å². The van der Waals surface area contributed by atoms with Crippen LogP contribution in [0.4, 0.5) is 0 Å². The lowest BCUT2D eigenvalue weighted by Gasteiger charge is -2.11. The molecule has 5 nitrogen and oxygen atoms in total. The fourth-order valence-corrected chi connectivity index (χ4v) is 2.84. The Bertz CT molecular complexity index is 760. The van der Waals surface area contributed by atoms with E-state index in [-0.39, 0.29) is 12.5 Å². The number of nitrogens with one attached hydrogen (secondary N) is 1. The van der Waals surface area contributed by atoms with Gasteiger partial charge in [-0.25, -0.2) is 0 Å². The van der Waals surface area contributed by atoms with Crippen LogP contribution in [0.15, 0.2) is 47.4 Å². The van der Waals surface area contributed by atoms with Crippen molar-refractivity contribution in [2.24, 2.45) is 0 Å². The maximum atomic E-state index is 11.8. The average Bonchev–Trinajstić information content (AvgIpc) is 2.64. The van der Waals surface area contributed by atoms with Crippen LogP contribution in [0.25, 0.3) is 0 Å². The fraction of sp³-hybridized carbons (Fsp3) is 0.222. The van der Waals surface area contributed by atoms with E-state index < -0.39 is 0 Å². The van der Waals surface area contributed by atoms with Crippen molar-refractivity contribution < 1.29 is 14.3 Å². The van der Waals surface area contributed by atoms with Crippen molar-refractivity contribution in [3.63, 3.8) is 0 Å². The Kier molecular flexibility index (Phi) is 7.45. The largest absolute Gasteiger partial charge is 0.493 e. The molecule has 0 saturated heterocycles. The van der Waals surface area contributed by atoms with Crippen LogP contribution in [0.5, 0.6) is 11.5 Å². The van der Waals surface area contributed by atoms with E-state index in [9.17, 15) is 4.79 Å². The summed E-state index contributed by atoms with van der Waals surface area (Å²) in [6.45, 7) is 0.411. The number of hydrogen-bond donors (Lipinski definition) is 1. The molecule has 2 aromatic carbocycles. The van der Waals surface area contributed by atoms with Gasteiger partial charge in [0.05, 0.1) is 18.7 Å². The molecule has 0 aliphatic heterocycles. The second-order valence-corrected chi connectivity index (χ2v) is 6.52. The molecule has 0 unspecified atom stereocenters. The third-order valence-corrected chi connectivity index (χ3v) is 4.42. The zero-order valence-corrected chi connectivity index (χ0v) is 15.2. The van der Waals surface area contributed by atoms with E-state index >= 15 is 0 Å². The van der Waals surface area contributed by atoms with Crippen molar-refractivity contribution in [2.75, 3.05) is 26.0 Å². The molecule has 0 fully saturated rings. The Morgan fingerprint density at radius 3 is 2.68 bits per heavy atom. The van der Waals surface area contributed by atoms with Crippen molar-refractivity contribution in [3.05, 3.63) is 53.1 Å². The van der Waals surface area contributed by atoms with E-state index in [4.69, 9.17) is 26.3 Å². The minimum atomic E-state index is -0.219. The van der Waals surface area contributed by atoms with Crippen LogP contribution >= 0.6 is 23.4 Å². The Morgan fingerprint density at radius 2 is 2.00 bits per heavy atom. The van der Waals surface area contributed by atoms with Gasteiger partial charge in [0.2, 0.25) is 0 Å². The number of amides is 1. The number of thioether (sulfide) groups is 1. The van der Waals surface area contributed by atoms with Crippen LogP contribution in [0.2, 0.25) is 5.02 Å². The lowest BCUT2D eigenvalue weighted by Crippen LogP contribution is -2.30. The molecule has 0 bridgehead atoms. The monoisotopic (exact) mass is 376 g/mol. The maximum absolute atomic E-state index is 11.8. The van der Waals surface area contributed by atoms with Crippen LogP contribution < -0.4 is 14.8 Å². The molecule has 2 aromatic rings.